The van der Waals surface area contributed by atoms with E-state index in [9.17, 15) is 19.1 Å². The number of benzene rings is 2. The standard InChI is InChI=1S/C21H18FNO5/c1-2-27-14-5-3-4-12(10-14)18-17-19(25)15-11-13(22)6-7-16(15)28-20(17)21(26)23(18)8-9-24/h3-7,10-11,18,24H,2,8-9H2,1H3. The van der Waals surface area contributed by atoms with Crippen LogP contribution in [-0.4, -0.2) is 35.7 Å². The summed E-state index contributed by atoms with van der Waals surface area (Å²) in [5.41, 5.74) is 0.474. The summed E-state index contributed by atoms with van der Waals surface area (Å²) in [6, 6.07) is 9.92. The van der Waals surface area contributed by atoms with Crippen molar-refractivity contribution in [3.05, 3.63) is 75.4 Å². The lowest BCUT2D eigenvalue weighted by atomic mass is 9.98. The van der Waals surface area contributed by atoms with Gasteiger partial charge in [0.15, 0.2) is 5.43 Å². The molecular formula is C21H18FNO5. The van der Waals surface area contributed by atoms with Crippen molar-refractivity contribution in [3.63, 3.8) is 0 Å². The molecule has 1 aliphatic heterocycles. The third kappa shape index (κ3) is 2.84. The first kappa shape index (κ1) is 18.2. The van der Waals surface area contributed by atoms with E-state index in [4.69, 9.17) is 9.15 Å². The lowest BCUT2D eigenvalue weighted by Crippen LogP contribution is -2.32. The Morgan fingerprint density at radius 3 is 2.79 bits per heavy atom. The van der Waals surface area contributed by atoms with Crippen LogP contribution in [0.4, 0.5) is 4.39 Å². The molecule has 2 heterocycles. The molecule has 1 aromatic heterocycles. The summed E-state index contributed by atoms with van der Waals surface area (Å²) in [5, 5.41) is 9.52. The van der Waals surface area contributed by atoms with E-state index in [0.717, 1.165) is 6.07 Å². The van der Waals surface area contributed by atoms with Gasteiger partial charge in [-0.3, -0.25) is 9.59 Å². The summed E-state index contributed by atoms with van der Waals surface area (Å²) in [6.07, 6.45) is 0. The molecule has 3 aromatic rings. The number of halogens is 1. The zero-order valence-electron chi connectivity index (χ0n) is 15.1. The fourth-order valence-corrected chi connectivity index (χ4v) is 3.62. The van der Waals surface area contributed by atoms with Crippen LogP contribution in [0, 0.1) is 5.82 Å². The van der Waals surface area contributed by atoms with Crippen LogP contribution in [0.15, 0.2) is 51.7 Å². The molecule has 0 fully saturated rings. The fraction of sp³-hybridized carbons (Fsp3) is 0.238. The van der Waals surface area contributed by atoms with Crippen molar-refractivity contribution in [1.82, 2.24) is 4.90 Å². The highest BCUT2D eigenvalue weighted by Crippen LogP contribution is 2.38. The van der Waals surface area contributed by atoms with Gasteiger partial charge >= 0.3 is 0 Å². The smallest absolute Gasteiger partial charge is 0.290 e. The van der Waals surface area contributed by atoms with Crippen LogP contribution in [0.5, 0.6) is 5.75 Å². The van der Waals surface area contributed by atoms with Crippen molar-refractivity contribution >= 4 is 16.9 Å². The molecule has 7 heteroatoms. The molecule has 6 nitrogen and oxygen atoms in total. The zero-order chi connectivity index (χ0) is 19.8. The first-order valence-corrected chi connectivity index (χ1v) is 8.96. The summed E-state index contributed by atoms with van der Waals surface area (Å²) >= 11 is 0. The van der Waals surface area contributed by atoms with Crippen molar-refractivity contribution in [2.45, 2.75) is 13.0 Å². The second-order valence-corrected chi connectivity index (χ2v) is 6.44. The lowest BCUT2D eigenvalue weighted by Gasteiger charge is -2.24. The van der Waals surface area contributed by atoms with Gasteiger partial charge in [-0.2, -0.15) is 0 Å². The van der Waals surface area contributed by atoms with Gasteiger partial charge in [-0.1, -0.05) is 12.1 Å². The molecule has 0 bridgehead atoms. The van der Waals surface area contributed by atoms with Gasteiger partial charge in [0.1, 0.15) is 17.1 Å². The van der Waals surface area contributed by atoms with E-state index >= 15 is 0 Å². The molecule has 1 N–H and O–H groups in total. The quantitative estimate of drug-likeness (QED) is 0.733. The Balaban J connectivity index is 1.97. The maximum absolute atomic E-state index is 13.7. The number of β-amino-alcohol motifs (C(OH)–C–C–N with tert-alkyl or cyclic N) is 1. The topological polar surface area (TPSA) is 80.0 Å². The summed E-state index contributed by atoms with van der Waals surface area (Å²) in [7, 11) is 0. The van der Waals surface area contributed by atoms with Crippen LogP contribution in [0.3, 0.4) is 0 Å². The molecule has 4 rings (SSSR count). The van der Waals surface area contributed by atoms with Gasteiger partial charge in [-0.25, -0.2) is 4.39 Å². The fourth-order valence-electron chi connectivity index (χ4n) is 3.62. The third-order valence-electron chi connectivity index (χ3n) is 4.75. The Labute approximate surface area is 159 Å². The average molecular weight is 383 g/mol. The van der Waals surface area contributed by atoms with Gasteiger partial charge in [-0.05, 0) is 42.8 Å². The Morgan fingerprint density at radius 2 is 2.04 bits per heavy atom. The molecule has 28 heavy (non-hydrogen) atoms. The SMILES string of the molecule is CCOc1cccc(C2c3c(oc4ccc(F)cc4c3=O)C(=O)N2CCO)c1. The summed E-state index contributed by atoms with van der Waals surface area (Å²) in [6.45, 7) is 2.07. The summed E-state index contributed by atoms with van der Waals surface area (Å²) in [4.78, 5) is 27.5. The van der Waals surface area contributed by atoms with E-state index in [-0.39, 0.29) is 35.4 Å². The van der Waals surface area contributed by atoms with Gasteiger partial charge in [0.05, 0.1) is 30.2 Å². The van der Waals surface area contributed by atoms with Crippen LogP contribution in [0.2, 0.25) is 0 Å². The normalized spacial score (nSPS) is 15.9. The molecule has 1 aliphatic rings. The van der Waals surface area contributed by atoms with Gasteiger partial charge in [-0.15, -0.1) is 0 Å². The predicted molar refractivity (Wildman–Crippen MR) is 100 cm³/mol. The lowest BCUT2D eigenvalue weighted by molar-refractivity contribution is 0.0691. The Kier molecular flexibility index (Phi) is 4.60. The first-order chi connectivity index (χ1) is 13.5. The van der Waals surface area contributed by atoms with E-state index in [1.165, 1.54) is 17.0 Å². The predicted octanol–water partition coefficient (Wildman–Crippen LogP) is 2.87. The number of aliphatic hydroxyl groups is 1. The molecule has 1 atom stereocenters. The van der Waals surface area contributed by atoms with E-state index in [0.29, 0.717) is 17.9 Å². The second kappa shape index (κ2) is 7.09. The van der Waals surface area contributed by atoms with Crippen molar-refractivity contribution in [2.24, 2.45) is 0 Å². The largest absolute Gasteiger partial charge is 0.494 e. The molecule has 0 spiro atoms. The van der Waals surface area contributed by atoms with Crippen LogP contribution < -0.4 is 10.2 Å². The summed E-state index contributed by atoms with van der Waals surface area (Å²) < 4.78 is 24.9. The van der Waals surface area contributed by atoms with Crippen LogP contribution >= 0.6 is 0 Å². The minimum atomic E-state index is -0.751. The van der Waals surface area contributed by atoms with Crippen molar-refractivity contribution in [3.8, 4) is 5.75 Å². The number of rotatable bonds is 5. The highest BCUT2D eigenvalue weighted by molar-refractivity contribution is 5.99. The molecule has 0 radical (unpaired) electrons. The number of carbonyl (C=O) groups is 1. The molecule has 144 valence electrons. The average Bonchev–Trinajstić information content (AvgIpc) is 2.96. The summed E-state index contributed by atoms with van der Waals surface area (Å²) in [5.74, 6) is -0.532. The first-order valence-electron chi connectivity index (χ1n) is 8.96. The minimum Gasteiger partial charge on any atom is -0.494 e. The van der Waals surface area contributed by atoms with Crippen LogP contribution in [0.1, 0.15) is 34.6 Å². The molecule has 2 aromatic carbocycles. The minimum absolute atomic E-state index is 0.0245. The van der Waals surface area contributed by atoms with Crippen LogP contribution in [0.25, 0.3) is 11.0 Å². The second-order valence-electron chi connectivity index (χ2n) is 6.44. The number of carbonyl (C=O) groups excluding carboxylic acids is 1. The van der Waals surface area contributed by atoms with Gasteiger partial charge in [0.25, 0.3) is 5.91 Å². The molecule has 1 unspecified atom stereocenters. The van der Waals surface area contributed by atoms with Gasteiger partial charge in [0.2, 0.25) is 5.76 Å². The van der Waals surface area contributed by atoms with E-state index < -0.39 is 23.2 Å². The van der Waals surface area contributed by atoms with E-state index in [2.05, 4.69) is 0 Å². The Morgan fingerprint density at radius 1 is 1.21 bits per heavy atom. The number of hydrogen-bond donors (Lipinski definition) is 1. The third-order valence-corrected chi connectivity index (χ3v) is 4.75. The highest BCUT2D eigenvalue weighted by atomic mass is 19.1. The van der Waals surface area contributed by atoms with E-state index in [1.54, 1.807) is 24.3 Å². The number of ether oxygens (including phenoxy) is 1. The van der Waals surface area contributed by atoms with Gasteiger partial charge in [0, 0.05) is 6.54 Å². The number of hydrogen-bond acceptors (Lipinski definition) is 5. The van der Waals surface area contributed by atoms with Crippen molar-refractivity contribution in [1.29, 1.82) is 0 Å². The number of nitrogens with zero attached hydrogens (tertiary/aromatic N) is 1. The Hall–Kier alpha value is -3.19. The molecular weight excluding hydrogens is 365 g/mol. The maximum Gasteiger partial charge on any atom is 0.290 e. The highest BCUT2D eigenvalue weighted by Gasteiger charge is 2.42. The molecule has 0 aliphatic carbocycles. The van der Waals surface area contributed by atoms with Crippen LogP contribution in [-0.2, 0) is 0 Å². The number of fused-ring (bicyclic) bond motifs is 2. The monoisotopic (exact) mass is 383 g/mol. The number of aliphatic hydroxyl groups excluding tert-OH is 1. The maximum atomic E-state index is 13.7. The zero-order valence-corrected chi connectivity index (χ0v) is 15.1. The van der Waals surface area contributed by atoms with Crippen molar-refractivity contribution in [2.75, 3.05) is 19.8 Å². The van der Waals surface area contributed by atoms with Gasteiger partial charge < -0.3 is 19.2 Å². The Bertz CT molecular complexity index is 1120. The molecule has 0 saturated carbocycles. The molecule has 1 amide bonds. The number of amides is 1. The van der Waals surface area contributed by atoms with Crippen molar-refractivity contribution < 1.29 is 23.4 Å². The molecule has 0 saturated heterocycles. The van der Waals surface area contributed by atoms with E-state index in [1.807, 2.05) is 6.92 Å².